The highest BCUT2D eigenvalue weighted by Crippen LogP contribution is 2.20. The van der Waals surface area contributed by atoms with E-state index in [-0.39, 0.29) is 6.10 Å². The first-order chi connectivity index (χ1) is 8.79. The van der Waals surface area contributed by atoms with Crippen molar-refractivity contribution in [2.75, 3.05) is 26.2 Å². The molecule has 1 heterocycles. The molecule has 0 spiro atoms. The second-order valence-electron chi connectivity index (χ2n) is 4.94. The van der Waals surface area contributed by atoms with Gasteiger partial charge in [0.15, 0.2) is 0 Å². The van der Waals surface area contributed by atoms with Crippen LogP contribution in [0.2, 0.25) is 0 Å². The molecule has 1 fully saturated rings. The van der Waals surface area contributed by atoms with E-state index in [9.17, 15) is 5.11 Å². The monoisotopic (exact) mass is 249 g/mol. The fraction of sp³-hybridized carbons (Fsp3) is 0.600. The third-order valence-corrected chi connectivity index (χ3v) is 3.37. The van der Waals surface area contributed by atoms with Crippen molar-refractivity contribution in [1.82, 2.24) is 4.90 Å². The van der Waals surface area contributed by atoms with Gasteiger partial charge in [-0.1, -0.05) is 19.1 Å². The summed E-state index contributed by atoms with van der Waals surface area (Å²) in [6, 6.07) is 7.81. The molecule has 18 heavy (non-hydrogen) atoms. The molecule has 1 unspecified atom stereocenters. The second kappa shape index (κ2) is 6.76. The van der Waals surface area contributed by atoms with Gasteiger partial charge >= 0.3 is 0 Å². The van der Waals surface area contributed by atoms with Crippen molar-refractivity contribution >= 4 is 0 Å². The van der Waals surface area contributed by atoms with Crippen LogP contribution >= 0.6 is 0 Å². The number of nitrogens with zero attached hydrogens (tertiary/aromatic N) is 1. The lowest BCUT2D eigenvalue weighted by Crippen LogP contribution is -2.25. The predicted octanol–water partition coefficient (Wildman–Crippen LogP) is 2.60. The zero-order valence-electron chi connectivity index (χ0n) is 11.1. The highest BCUT2D eigenvalue weighted by Gasteiger charge is 2.16. The Labute approximate surface area is 109 Å². The van der Waals surface area contributed by atoms with Gasteiger partial charge in [-0.15, -0.1) is 0 Å². The minimum Gasteiger partial charge on any atom is -0.494 e. The SMILES string of the molecule is CCCOc1ccc(C(O)CN2CCCC2)cc1. The smallest absolute Gasteiger partial charge is 0.119 e. The number of benzene rings is 1. The summed E-state index contributed by atoms with van der Waals surface area (Å²) in [5.41, 5.74) is 0.978. The lowest BCUT2D eigenvalue weighted by Gasteiger charge is -2.19. The summed E-state index contributed by atoms with van der Waals surface area (Å²) in [5, 5.41) is 10.2. The Morgan fingerprint density at radius 3 is 2.50 bits per heavy atom. The molecule has 2 rings (SSSR count). The number of ether oxygens (including phenoxy) is 1. The molecular formula is C15H23NO2. The largest absolute Gasteiger partial charge is 0.494 e. The second-order valence-corrected chi connectivity index (χ2v) is 4.94. The Bertz CT molecular complexity index is 344. The number of aliphatic hydroxyl groups excluding tert-OH is 1. The number of likely N-dealkylation sites (tertiary alicyclic amines) is 1. The lowest BCUT2D eigenvalue weighted by molar-refractivity contribution is 0.126. The minimum atomic E-state index is -0.386. The molecule has 0 radical (unpaired) electrons. The molecule has 100 valence electrons. The molecule has 3 heteroatoms. The summed E-state index contributed by atoms with van der Waals surface area (Å²) in [5.74, 6) is 0.883. The van der Waals surface area contributed by atoms with Crippen molar-refractivity contribution in [2.24, 2.45) is 0 Å². The normalized spacial score (nSPS) is 17.9. The van der Waals surface area contributed by atoms with Gasteiger partial charge in [0, 0.05) is 6.54 Å². The van der Waals surface area contributed by atoms with Gasteiger partial charge in [0.25, 0.3) is 0 Å². The van der Waals surface area contributed by atoms with Gasteiger partial charge in [0.1, 0.15) is 5.75 Å². The van der Waals surface area contributed by atoms with Gasteiger partial charge in [0.2, 0.25) is 0 Å². The Morgan fingerprint density at radius 2 is 1.89 bits per heavy atom. The summed E-state index contributed by atoms with van der Waals surface area (Å²) in [7, 11) is 0. The maximum absolute atomic E-state index is 10.2. The summed E-state index contributed by atoms with van der Waals surface area (Å²) in [6.07, 6.45) is 3.15. The Morgan fingerprint density at radius 1 is 1.22 bits per heavy atom. The molecule has 1 saturated heterocycles. The standard InChI is InChI=1S/C15H23NO2/c1-2-11-18-14-7-5-13(6-8-14)15(17)12-16-9-3-4-10-16/h5-8,15,17H,2-4,9-12H2,1H3. The molecule has 3 nitrogen and oxygen atoms in total. The van der Waals surface area contributed by atoms with E-state index in [1.54, 1.807) is 0 Å². The quantitative estimate of drug-likeness (QED) is 0.841. The summed E-state index contributed by atoms with van der Waals surface area (Å²) >= 11 is 0. The maximum Gasteiger partial charge on any atom is 0.119 e. The van der Waals surface area contributed by atoms with Gasteiger partial charge in [-0.3, -0.25) is 0 Å². The first kappa shape index (κ1) is 13.4. The zero-order chi connectivity index (χ0) is 12.8. The molecule has 1 atom stereocenters. The van der Waals surface area contributed by atoms with Crippen LogP contribution in [0.4, 0.5) is 0 Å². The molecule has 1 aliphatic heterocycles. The Hall–Kier alpha value is -1.06. The highest BCUT2D eigenvalue weighted by molar-refractivity contribution is 5.28. The minimum absolute atomic E-state index is 0.386. The van der Waals surface area contributed by atoms with Crippen LogP contribution < -0.4 is 4.74 Å². The van der Waals surface area contributed by atoms with E-state index in [1.165, 1.54) is 12.8 Å². The lowest BCUT2D eigenvalue weighted by atomic mass is 10.1. The molecule has 0 aromatic heterocycles. The van der Waals surface area contributed by atoms with E-state index in [4.69, 9.17) is 4.74 Å². The number of hydrogen-bond donors (Lipinski definition) is 1. The molecule has 0 bridgehead atoms. The van der Waals surface area contributed by atoms with Crippen molar-refractivity contribution < 1.29 is 9.84 Å². The van der Waals surface area contributed by atoms with E-state index in [2.05, 4.69) is 11.8 Å². The van der Waals surface area contributed by atoms with Crippen molar-refractivity contribution in [3.05, 3.63) is 29.8 Å². The molecular weight excluding hydrogens is 226 g/mol. The number of β-amino-alcohol motifs (C(OH)–C–C–N with tert-alkyl or cyclic N) is 1. The van der Waals surface area contributed by atoms with E-state index in [1.807, 2.05) is 24.3 Å². The molecule has 1 aromatic rings. The van der Waals surface area contributed by atoms with Gasteiger partial charge < -0.3 is 14.7 Å². The fourth-order valence-electron chi connectivity index (χ4n) is 2.32. The number of rotatable bonds is 6. The van der Waals surface area contributed by atoms with Gasteiger partial charge in [-0.05, 0) is 50.0 Å². The van der Waals surface area contributed by atoms with Crippen LogP contribution in [0.15, 0.2) is 24.3 Å². The summed E-state index contributed by atoms with van der Waals surface area (Å²) < 4.78 is 5.53. The molecule has 0 saturated carbocycles. The van der Waals surface area contributed by atoms with Crippen LogP contribution in [0.1, 0.15) is 37.9 Å². The first-order valence-electron chi connectivity index (χ1n) is 6.93. The van der Waals surface area contributed by atoms with E-state index >= 15 is 0 Å². The fourth-order valence-corrected chi connectivity index (χ4v) is 2.32. The zero-order valence-corrected chi connectivity index (χ0v) is 11.1. The van der Waals surface area contributed by atoms with Crippen molar-refractivity contribution in [2.45, 2.75) is 32.3 Å². The van der Waals surface area contributed by atoms with Crippen LogP contribution in [0.3, 0.4) is 0 Å². The highest BCUT2D eigenvalue weighted by atomic mass is 16.5. The number of hydrogen-bond acceptors (Lipinski definition) is 3. The van der Waals surface area contributed by atoms with E-state index < -0.39 is 0 Å². The third-order valence-electron chi connectivity index (χ3n) is 3.37. The molecule has 1 N–H and O–H groups in total. The predicted molar refractivity (Wildman–Crippen MR) is 72.9 cm³/mol. The molecule has 0 aliphatic carbocycles. The molecule has 1 aliphatic rings. The topological polar surface area (TPSA) is 32.7 Å². The summed E-state index contributed by atoms with van der Waals surface area (Å²) in [4.78, 5) is 2.33. The van der Waals surface area contributed by atoms with Gasteiger partial charge in [-0.25, -0.2) is 0 Å². The van der Waals surface area contributed by atoms with Crippen LogP contribution in [-0.2, 0) is 0 Å². The molecule has 1 aromatic carbocycles. The van der Waals surface area contributed by atoms with Gasteiger partial charge in [-0.2, -0.15) is 0 Å². The van der Waals surface area contributed by atoms with Crippen molar-refractivity contribution in [3.63, 3.8) is 0 Å². The van der Waals surface area contributed by atoms with Crippen LogP contribution in [0.5, 0.6) is 5.75 Å². The van der Waals surface area contributed by atoms with E-state index in [0.717, 1.165) is 44.0 Å². The van der Waals surface area contributed by atoms with Crippen molar-refractivity contribution in [1.29, 1.82) is 0 Å². The Kier molecular flexibility index (Phi) is 5.02. The average Bonchev–Trinajstić information content (AvgIpc) is 2.89. The van der Waals surface area contributed by atoms with Gasteiger partial charge in [0.05, 0.1) is 12.7 Å². The van der Waals surface area contributed by atoms with Crippen molar-refractivity contribution in [3.8, 4) is 5.75 Å². The average molecular weight is 249 g/mol. The number of aliphatic hydroxyl groups is 1. The third kappa shape index (κ3) is 3.72. The first-order valence-corrected chi connectivity index (χ1v) is 6.93. The maximum atomic E-state index is 10.2. The Balaban J connectivity index is 1.87. The van der Waals surface area contributed by atoms with E-state index in [0.29, 0.717) is 0 Å². The van der Waals surface area contributed by atoms with Crippen LogP contribution in [0, 0.1) is 0 Å². The summed E-state index contributed by atoms with van der Waals surface area (Å²) in [6.45, 7) is 5.82. The van der Waals surface area contributed by atoms with Crippen LogP contribution in [-0.4, -0.2) is 36.2 Å². The molecule has 0 amide bonds. The van der Waals surface area contributed by atoms with Crippen LogP contribution in [0.25, 0.3) is 0 Å².